The highest BCUT2D eigenvalue weighted by molar-refractivity contribution is 6.21. The van der Waals surface area contributed by atoms with Gasteiger partial charge >= 0.3 is 0 Å². The molecule has 0 amide bonds. The second kappa shape index (κ2) is 6.14. The van der Waals surface area contributed by atoms with Crippen molar-refractivity contribution < 1.29 is 0 Å². The summed E-state index contributed by atoms with van der Waals surface area (Å²) in [5.74, 6) is 2.67. The second-order valence-corrected chi connectivity index (χ2v) is 5.25. The molecule has 0 aromatic carbocycles. The minimum Gasteiger partial charge on any atom is -0.126 e. The van der Waals surface area contributed by atoms with Crippen molar-refractivity contribution in [1.82, 2.24) is 0 Å². The molecule has 13 heavy (non-hydrogen) atoms. The minimum atomic E-state index is 0.146. The van der Waals surface area contributed by atoms with Crippen molar-refractivity contribution in [3.63, 3.8) is 0 Å². The van der Waals surface area contributed by atoms with Crippen molar-refractivity contribution in [3.05, 3.63) is 0 Å². The lowest BCUT2D eigenvalue weighted by Crippen LogP contribution is -2.31. The fourth-order valence-electron chi connectivity index (χ4n) is 1.34. The fourth-order valence-corrected chi connectivity index (χ4v) is 2.51. The molecule has 80 valence electrons. The van der Waals surface area contributed by atoms with Crippen LogP contribution in [0, 0.1) is 17.3 Å². The molecule has 0 unspecified atom stereocenters. The maximum atomic E-state index is 6.02. The normalized spacial score (nSPS) is 12.9. The zero-order valence-electron chi connectivity index (χ0n) is 9.24. The average Bonchev–Trinajstić information content (AvgIpc) is 2.06. The third kappa shape index (κ3) is 4.08. The summed E-state index contributed by atoms with van der Waals surface area (Å²) in [6.45, 7) is 8.91. The molecule has 0 N–H and O–H groups in total. The molecule has 0 spiro atoms. The monoisotopic (exact) mass is 224 g/mol. The molecule has 0 radical (unpaired) electrons. The third-order valence-corrected chi connectivity index (χ3v) is 4.04. The van der Waals surface area contributed by atoms with E-state index in [0.717, 1.165) is 12.3 Å². The first kappa shape index (κ1) is 13.6. The first-order chi connectivity index (χ1) is 5.98. The van der Waals surface area contributed by atoms with Gasteiger partial charge in [-0.3, -0.25) is 0 Å². The molecular formula is C11H22Cl2. The largest absolute Gasteiger partial charge is 0.126 e. The predicted molar refractivity (Wildman–Crippen MR) is 62.8 cm³/mol. The van der Waals surface area contributed by atoms with Gasteiger partial charge in [0.05, 0.1) is 0 Å². The molecule has 0 heterocycles. The number of rotatable bonds is 6. The topological polar surface area (TPSA) is 0 Å². The van der Waals surface area contributed by atoms with Gasteiger partial charge in [0.1, 0.15) is 0 Å². The first-order valence-electron chi connectivity index (χ1n) is 5.10. The summed E-state index contributed by atoms with van der Waals surface area (Å²) in [5, 5.41) is 0. The van der Waals surface area contributed by atoms with Crippen molar-refractivity contribution in [1.29, 1.82) is 0 Å². The summed E-state index contributed by atoms with van der Waals surface area (Å²) in [6.07, 6.45) is 2.37. The van der Waals surface area contributed by atoms with Crippen LogP contribution in [-0.4, -0.2) is 11.8 Å². The summed E-state index contributed by atoms with van der Waals surface area (Å²) in [6, 6.07) is 0. The summed E-state index contributed by atoms with van der Waals surface area (Å²) in [7, 11) is 0. The van der Waals surface area contributed by atoms with Crippen molar-refractivity contribution in [2.75, 3.05) is 11.8 Å². The Labute approximate surface area is 93.0 Å². The zero-order valence-corrected chi connectivity index (χ0v) is 10.8. The van der Waals surface area contributed by atoms with Crippen molar-refractivity contribution in [2.24, 2.45) is 17.3 Å². The maximum Gasteiger partial charge on any atom is 0.0293 e. The van der Waals surface area contributed by atoms with Crippen LogP contribution in [0.3, 0.4) is 0 Å². The average molecular weight is 225 g/mol. The van der Waals surface area contributed by atoms with E-state index in [1.54, 1.807) is 0 Å². The van der Waals surface area contributed by atoms with Crippen molar-refractivity contribution in [2.45, 2.75) is 40.5 Å². The molecule has 0 bridgehead atoms. The number of halogens is 2. The Balaban J connectivity index is 4.22. The van der Waals surface area contributed by atoms with Gasteiger partial charge in [-0.2, -0.15) is 0 Å². The standard InChI is InChI=1S/C11H22Cl2/c1-9(2)5-6-11(7-12,8-13)10(3)4/h9-10H,5-8H2,1-4H3. The van der Waals surface area contributed by atoms with E-state index in [1.807, 2.05) is 0 Å². The molecule has 0 aliphatic heterocycles. The molecule has 0 saturated heterocycles. The van der Waals surface area contributed by atoms with Crippen LogP contribution in [0.4, 0.5) is 0 Å². The van der Waals surface area contributed by atoms with Crippen LogP contribution in [0.5, 0.6) is 0 Å². The molecule has 0 aliphatic carbocycles. The van der Waals surface area contributed by atoms with Crippen LogP contribution in [0.1, 0.15) is 40.5 Å². The Hall–Kier alpha value is 0.580. The van der Waals surface area contributed by atoms with Gasteiger partial charge < -0.3 is 0 Å². The Morgan fingerprint density at radius 2 is 1.46 bits per heavy atom. The van der Waals surface area contributed by atoms with E-state index in [1.165, 1.54) is 6.42 Å². The maximum absolute atomic E-state index is 6.02. The molecule has 0 aromatic rings. The van der Waals surface area contributed by atoms with Crippen LogP contribution in [0.15, 0.2) is 0 Å². The van der Waals surface area contributed by atoms with Crippen LogP contribution in [-0.2, 0) is 0 Å². The van der Waals surface area contributed by atoms with E-state index < -0.39 is 0 Å². The second-order valence-electron chi connectivity index (χ2n) is 4.72. The van der Waals surface area contributed by atoms with Crippen molar-refractivity contribution >= 4 is 23.2 Å². The predicted octanol–water partition coefficient (Wildman–Crippen LogP) is 4.54. The number of alkyl halides is 2. The van der Waals surface area contributed by atoms with Gasteiger partial charge in [0.25, 0.3) is 0 Å². The smallest absolute Gasteiger partial charge is 0.0293 e. The van der Waals surface area contributed by atoms with E-state index >= 15 is 0 Å². The van der Waals surface area contributed by atoms with Gasteiger partial charge in [0.2, 0.25) is 0 Å². The van der Waals surface area contributed by atoms with Gasteiger partial charge in [-0.15, -0.1) is 23.2 Å². The highest BCUT2D eigenvalue weighted by Crippen LogP contribution is 2.36. The van der Waals surface area contributed by atoms with Gasteiger partial charge in [-0.1, -0.05) is 34.1 Å². The Morgan fingerprint density at radius 3 is 1.69 bits per heavy atom. The molecule has 0 fully saturated rings. The molecule has 2 heteroatoms. The molecular weight excluding hydrogens is 203 g/mol. The quantitative estimate of drug-likeness (QED) is 0.582. The SMILES string of the molecule is CC(C)CCC(CCl)(CCl)C(C)C. The molecule has 0 rings (SSSR count). The zero-order chi connectivity index (χ0) is 10.5. The van der Waals surface area contributed by atoms with Gasteiger partial charge in [0, 0.05) is 11.8 Å². The lowest BCUT2D eigenvalue weighted by molar-refractivity contribution is 0.222. The Kier molecular flexibility index (Phi) is 6.41. The van der Waals surface area contributed by atoms with Crippen LogP contribution in [0.2, 0.25) is 0 Å². The molecule has 0 saturated carbocycles. The molecule has 0 aliphatic rings. The summed E-state index contributed by atoms with van der Waals surface area (Å²) in [4.78, 5) is 0. The lowest BCUT2D eigenvalue weighted by Gasteiger charge is -2.34. The summed E-state index contributed by atoms with van der Waals surface area (Å²) in [5.41, 5.74) is 0.146. The van der Waals surface area contributed by atoms with Crippen LogP contribution < -0.4 is 0 Å². The van der Waals surface area contributed by atoms with Gasteiger partial charge in [0.15, 0.2) is 0 Å². The Bertz CT molecular complexity index is 126. The lowest BCUT2D eigenvalue weighted by atomic mass is 9.76. The Morgan fingerprint density at radius 1 is 1.00 bits per heavy atom. The third-order valence-electron chi connectivity index (χ3n) is 2.98. The van der Waals surface area contributed by atoms with Crippen molar-refractivity contribution in [3.8, 4) is 0 Å². The van der Waals surface area contributed by atoms with E-state index in [0.29, 0.717) is 17.7 Å². The van der Waals surface area contributed by atoms with Gasteiger partial charge in [-0.25, -0.2) is 0 Å². The van der Waals surface area contributed by atoms with E-state index in [9.17, 15) is 0 Å². The number of hydrogen-bond acceptors (Lipinski definition) is 0. The summed E-state index contributed by atoms with van der Waals surface area (Å²) < 4.78 is 0. The van der Waals surface area contributed by atoms with Crippen LogP contribution in [0.25, 0.3) is 0 Å². The van der Waals surface area contributed by atoms with E-state index in [2.05, 4.69) is 27.7 Å². The molecule has 0 nitrogen and oxygen atoms in total. The minimum absolute atomic E-state index is 0.146. The first-order valence-corrected chi connectivity index (χ1v) is 6.17. The highest BCUT2D eigenvalue weighted by atomic mass is 35.5. The van der Waals surface area contributed by atoms with E-state index in [-0.39, 0.29) is 5.41 Å². The summed E-state index contributed by atoms with van der Waals surface area (Å²) >= 11 is 12.0. The fraction of sp³-hybridized carbons (Fsp3) is 1.00. The molecule has 0 atom stereocenters. The van der Waals surface area contributed by atoms with E-state index in [4.69, 9.17) is 23.2 Å². The number of hydrogen-bond donors (Lipinski definition) is 0. The van der Waals surface area contributed by atoms with Gasteiger partial charge in [-0.05, 0) is 23.7 Å². The highest BCUT2D eigenvalue weighted by Gasteiger charge is 2.31. The van der Waals surface area contributed by atoms with Crippen LogP contribution >= 0.6 is 23.2 Å². The molecule has 0 aromatic heterocycles.